The molecule has 0 spiro atoms. The van der Waals surface area contributed by atoms with Crippen LogP contribution in [0.15, 0.2) is 116 Å². The summed E-state index contributed by atoms with van der Waals surface area (Å²) in [4.78, 5) is 0. The van der Waals surface area contributed by atoms with Gasteiger partial charge in [-0.2, -0.15) is 0 Å². The highest BCUT2D eigenvalue weighted by atomic mass is 28.4. The fraction of sp³-hybridized carbons (Fsp3) is 0.0435. The third-order valence-electron chi connectivity index (χ3n) is 4.86. The van der Waals surface area contributed by atoms with Gasteiger partial charge in [0.2, 0.25) is 0 Å². The Kier molecular flexibility index (Phi) is 9.99. The average Bonchev–Trinajstić information content (AvgIpc) is 2.81. The van der Waals surface area contributed by atoms with Gasteiger partial charge >= 0.3 is 0 Å². The molecule has 29 heavy (non-hydrogen) atoms. The minimum absolute atomic E-state index is 0.716. The van der Waals surface area contributed by atoms with Crippen LogP contribution < -0.4 is 10.4 Å². The molecule has 1 unspecified atom stereocenters. The summed E-state index contributed by atoms with van der Waals surface area (Å²) in [7, 11) is -1.71. The van der Waals surface area contributed by atoms with Gasteiger partial charge in [0.05, 0.1) is 0 Å². The third-order valence-corrected chi connectivity index (χ3v) is 14.2. The van der Waals surface area contributed by atoms with Crippen LogP contribution in [-0.4, -0.2) is 38.3 Å². The molecular weight excluding hydrogens is 421 g/mol. The number of hydrogen-bond donors (Lipinski definition) is 0. The van der Waals surface area contributed by atoms with Gasteiger partial charge in [-0.25, -0.2) is 0 Å². The van der Waals surface area contributed by atoms with Crippen molar-refractivity contribution >= 4 is 48.7 Å². The van der Waals surface area contributed by atoms with E-state index in [-0.39, 0.29) is 0 Å². The molecule has 0 saturated carbocycles. The molecule has 0 aromatic heterocycles. The lowest BCUT2D eigenvalue weighted by molar-refractivity contribution is 0.642. The van der Waals surface area contributed by atoms with E-state index in [9.17, 15) is 0 Å². The van der Waals surface area contributed by atoms with Crippen molar-refractivity contribution in [3.05, 3.63) is 121 Å². The van der Waals surface area contributed by atoms with Gasteiger partial charge in [0, 0.05) is 0 Å². The molecule has 1 atom stereocenters. The topological polar surface area (TPSA) is 18.5 Å². The molecule has 2 nitrogen and oxygen atoms in total. The summed E-state index contributed by atoms with van der Waals surface area (Å²) >= 11 is 0. The lowest BCUT2D eigenvalue weighted by Crippen LogP contribution is -2.59. The summed E-state index contributed by atoms with van der Waals surface area (Å²) < 4.78 is 11.5. The summed E-state index contributed by atoms with van der Waals surface area (Å²) in [5, 5.41) is 2.52. The van der Waals surface area contributed by atoms with E-state index in [0.717, 1.165) is 16.5 Å². The molecule has 3 rings (SSSR count). The highest BCUT2D eigenvalue weighted by molar-refractivity contribution is 7.02. The molecule has 0 N–H and O–H groups in total. The van der Waals surface area contributed by atoms with Crippen LogP contribution in [0.5, 0.6) is 0 Å². The maximum Gasteiger partial charge on any atom is 0.269 e. The second-order valence-electron chi connectivity index (χ2n) is 6.58. The Balaban J connectivity index is 0.000000221. The van der Waals surface area contributed by atoms with Crippen molar-refractivity contribution in [2.45, 2.75) is 6.04 Å². The van der Waals surface area contributed by atoms with Crippen molar-refractivity contribution in [2.24, 2.45) is 0 Å². The van der Waals surface area contributed by atoms with Gasteiger partial charge in [0.15, 0.2) is 9.04 Å². The first-order chi connectivity index (χ1) is 14.2. The molecule has 0 amide bonds. The van der Waals surface area contributed by atoms with E-state index in [1.54, 1.807) is 0 Å². The highest BCUT2D eigenvalue weighted by Gasteiger charge is 2.34. The normalized spacial score (nSPS) is 11.9. The predicted octanol–water partition coefficient (Wildman–Crippen LogP) is 1.28. The first kappa shape index (κ1) is 23.2. The monoisotopic (exact) mass is 450 g/mol. The predicted molar refractivity (Wildman–Crippen MR) is 138 cm³/mol. The van der Waals surface area contributed by atoms with E-state index in [4.69, 9.17) is 8.23 Å². The lowest BCUT2D eigenvalue weighted by atomic mass is 10.2. The summed E-state index contributed by atoms with van der Waals surface area (Å²) in [6.45, 7) is 7.80. The zero-order valence-electron chi connectivity index (χ0n) is 17.3. The first-order valence-corrected chi connectivity index (χ1v) is 15.3. The number of hydrogen-bond acceptors (Lipinski definition) is 2. The van der Waals surface area contributed by atoms with E-state index in [1.807, 2.05) is 29.6 Å². The van der Waals surface area contributed by atoms with Crippen molar-refractivity contribution in [1.82, 2.24) is 0 Å². The van der Waals surface area contributed by atoms with Crippen LogP contribution in [0.1, 0.15) is 5.56 Å². The van der Waals surface area contributed by atoms with Gasteiger partial charge in [-0.1, -0.05) is 102 Å². The fourth-order valence-corrected chi connectivity index (χ4v) is 10.3. The second-order valence-corrected chi connectivity index (χ2v) is 15.1. The Labute approximate surface area is 183 Å². The van der Waals surface area contributed by atoms with Gasteiger partial charge in [-0.15, -0.1) is 13.2 Å². The molecule has 150 valence electrons. The minimum Gasteiger partial charge on any atom is -0.463 e. The highest BCUT2D eigenvalue weighted by Crippen LogP contribution is 2.07. The standard InChI is InChI=1S/C14H16OSi2.C9H14OSi2/c1-2-17(15-16,13-9-5-3-6-10-13)14-11-7-4-8-12-14;1-2-12(10-11)8-9-6-4-3-5-7-9/h2-12H,1H2,16H3;2-7,12H,1,8H2,11H3. The molecule has 0 bridgehead atoms. The van der Waals surface area contributed by atoms with Crippen molar-refractivity contribution < 1.29 is 8.23 Å². The molecular formula is C23H30O2Si4. The van der Waals surface area contributed by atoms with Crippen LogP contribution >= 0.6 is 0 Å². The smallest absolute Gasteiger partial charge is 0.269 e. The Morgan fingerprint density at radius 2 is 1.21 bits per heavy atom. The third kappa shape index (κ3) is 6.46. The zero-order valence-corrected chi connectivity index (χ0v) is 23.5. The lowest BCUT2D eigenvalue weighted by Gasteiger charge is -2.27. The van der Waals surface area contributed by atoms with Crippen molar-refractivity contribution in [2.75, 3.05) is 0 Å². The van der Waals surface area contributed by atoms with Crippen LogP contribution in [0.4, 0.5) is 0 Å². The molecule has 3 aromatic rings. The molecule has 0 fully saturated rings. The molecule has 0 heterocycles. The maximum absolute atomic E-state index is 6.02. The van der Waals surface area contributed by atoms with Crippen LogP contribution in [-0.2, 0) is 14.3 Å². The van der Waals surface area contributed by atoms with E-state index in [2.05, 4.69) is 86.0 Å². The molecule has 0 saturated heterocycles. The summed E-state index contributed by atoms with van der Waals surface area (Å²) in [5.41, 5.74) is 5.38. The van der Waals surface area contributed by atoms with Crippen molar-refractivity contribution in [3.63, 3.8) is 0 Å². The van der Waals surface area contributed by atoms with Crippen LogP contribution in [0.3, 0.4) is 0 Å². The quantitative estimate of drug-likeness (QED) is 0.482. The maximum atomic E-state index is 6.02. The number of rotatable bonds is 8. The van der Waals surface area contributed by atoms with E-state index in [0.29, 0.717) is 10.5 Å². The Hall–Kier alpha value is -2.07. The van der Waals surface area contributed by atoms with Gasteiger partial charge < -0.3 is 8.23 Å². The minimum atomic E-state index is -2.17. The Morgan fingerprint density at radius 3 is 1.55 bits per heavy atom. The van der Waals surface area contributed by atoms with Gasteiger partial charge in [-0.05, 0) is 22.0 Å². The Morgan fingerprint density at radius 1 is 0.759 bits per heavy atom. The van der Waals surface area contributed by atoms with E-state index in [1.165, 1.54) is 15.9 Å². The van der Waals surface area contributed by atoms with Crippen molar-refractivity contribution in [1.29, 1.82) is 0 Å². The second kappa shape index (κ2) is 12.5. The molecule has 6 heteroatoms. The molecule has 0 aliphatic rings. The van der Waals surface area contributed by atoms with E-state index >= 15 is 0 Å². The molecule has 3 aromatic carbocycles. The number of benzene rings is 3. The fourth-order valence-electron chi connectivity index (χ4n) is 3.20. The van der Waals surface area contributed by atoms with Gasteiger partial charge in [0.1, 0.15) is 21.0 Å². The van der Waals surface area contributed by atoms with Crippen LogP contribution in [0.2, 0.25) is 0 Å². The molecule has 0 aliphatic heterocycles. The first-order valence-electron chi connectivity index (χ1n) is 9.69. The summed E-state index contributed by atoms with van der Waals surface area (Å²) in [6.07, 6.45) is 0. The summed E-state index contributed by atoms with van der Waals surface area (Å²) in [5.74, 6) is 0. The van der Waals surface area contributed by atoms with Gasteiger partial charge in [0.25, 0.3) is 8.32 Å². The molecule has 0 aliphatic carbocycles. The van der Waals surface area contributed by atoms with Crippen LogP contribution in [0, 0.1) is 0 Å². The van der Waals surface area contributed by atoms with E-state index < -0.39 is 17.4 Å². The SMILES string of the molecule is C=C[SiH](Cc1ccccc1)O[SiH3].C=C[Si](O[SiH3])(c1ccccc1)c1ccccc1. The molecule has 0 radical (unpaired) electrons. The summed E-state index contributed by atoms with van der Waals surface area (Å²) in [6, 6.07) is 32.4. The largest absolute Gasteiger partial charge is 0.463 e. The average molecular weight is 451 g/mol. The zero-order chi connectivity index (χ0) is 21.0. The Bertz CT molecular complexity index is 818. The van der Waals surface area contributed by atoms with Crippen LogP contribution in [0.25, 0.3) is 0 Å². The van der Waals surface area contributed by atoms with Crippen molar-refractivity contribution in [3.8, 4) is 0 Å². The van der Waals surface area contributed by atoms with Gasteiger partial charge in [-0.3, -0.25) is 0 Å².